The number of alkyl halides is 2. The Morgan fingerprint density at radius 1 is 1.03 bits per heavy atom. The average molecular weight is 524 g/mol. The molecule has 14 nitrogen and oxygen atoms in total. The van der Waals surface area contributed by atoms with Gasteiger partial charge in [0.15, 0.2) is 24.3 Å². The van der Waals surface area contributed by atoms with Crippen LogP contribution >= 0.6 is 0 Å². The molecule has 36 heavy (non-hydrogen) atoms. The number of nitrogens with one attached hydrogen (secondary N) is 1. The van der Waals surface area contributed by atoms with Gasteiger partial charge in [0.2, 0.25) is 5.91 Å². The zero-order valence-electron chi connectivity index (χ0n) is 20.3. The van der Waals surface area contributed by atoms with Gasteiger partial charge in [0.05, 0.1) is 12.6 Å². The number of carbonyl (C=O) groups is 5. The highest BCUT2D eigenvalue weighted by Gasteiger charge is 2.64. The Kier molecular flexibility index (Phi) is 11.0. The Hall–Kier alpha value is -3.56. The van der Waals surface area contributed by atoms with Crippen LogP contribution in [0.4, 0.5) is 8.78 Å². The van der Waals surface area contributed by atoms with Crippen LogP contribution in [0, 0.1) is 0 Å². The molecule has 0 aromatic carbocycles. The number of nitrogens with two attached hydrogens (primary N) is 2. The molecular formula is C20H30F2N4O10. The highest BCUT2D eigenvalue weighted by atomic mass is 19.2. The van der Waals surface area contributed by atoms with Gasteiger partial charge in [-0.1, -0.05) is 0 Å². The minimum atomic E-state index is -3.86. The molecule has 1 saturated heterocycles. The lowest BCUT2D eigenvalue weighted by Gasteiger charge is -2.47. The van der Waals surface area contributed by atoms with Gasteiger partial charge in [-0.15, -0.1) is 0 Å². The summed E-state index contributed by atoms with van der Waals surface area (Å²) in [6, 6.07) is -3.71. The van der Waals surface area contributed by atoms with Crippen LogP contribution in [-0.2, 0) is 47.7 Å². The van der Waals surface area contributed by atoms with Crippen LogP contribution in [0.5, 0.6) is 0 Å². The van der Waals surface area contributed by atoms with Crippen molar-refractivity contribution in [3.63, 3.8) is 0 Å². The van der Waals surface area contributed by atoms with E-state index < -0.39 is 84.8 Å². The summed E-state index contributed by atoms with van der Waals surface area (Å²) in [7, 11) is 0. The van der Waals surface area contributed by atoms with Crippen molar-refractivity contribution in [1.29, 1.82) is 0 Å². The van der Waals surface area contributed by atoms with Crippen molar-refractivity contribution < 1.29 is 56.4 Å². The molecule has 1 heterocycles. The molecule has 0 aromatic heterocycles. The second kappa shape index (κ2) is 12.9. The molecule has 0 saturated carbocycles. The van der Waals surface area contributed by atoms with Crippen LogP contribution in [0.2, 0.25) is 0 Å². The van der Waals surface area contributed by atoms with Crippen LogP contribution in [-0.4, -0.2) is 91.4 Å². The number of rotatable bonds is 10. The molecule has 16 heteroatoms. The molecule has 0 radical (unpaired) electrons. The van der Waals surface area contributed by atoms with Crippen LogP contribution in [0.15, 0.2) is 4.99 Å². The Bertz CT molecular complexity index is 885. The molecule has 5 N–H and O–H groups in total. The largest absolute Gasteiger partial charge is 0.462 e. The maximum absolute atomic E-state index is 15.9. The normalized spacial score (nSPS) is 27.0. The summed E-state index contributed by atoms with van der Waals surface area (Å²) in [4.78, 5) is 63.0. The second-order valence-corrected chi connectivity index (χ2v) is 7.65. The second-order valence-electron chi connectivity index (χ2n) is 7.65. The minimum absolute atomic E-state index is 0.372. The van der Waals surface area contributed by atoms with E-state index in [-0.39, 0.29) is 6.61 Å². The molecule has 4 unspecified atom stereocenters. The molecular weight excluding hydrogens is 494 g/mol. The lowest BCUT2D eigenvalue weighted by molar-refractivity contribution is -0.281. The maximum Gasteiger partial charge on any atom is 0.375 e. The summed E-state index contributed by atoms with van der Waals surface area (Å²) < 4.78 is 56.2. The van der Waals surface area contributed by atoms with E-state index in [1.807, 2.05) is 0 Å². The molecule has 1 amide bonds. The molecule has 204 valence electrons. The first-order valence-electron chi connectivity index (χ1n) is 10.7. The number of amides is 1. The smallest absolute Gasteiger partial charge is 0.375 e. The topological polar surface area (TPSA) is 208 Å². The van der Waals surface area contributed by atoms with Gasteiger partial charge in [-0.3, -0.25) is 19.2 Å². The number of esters is 4. The minimum Gasteiger partial charge on any atom is -0.462 e. The molecule has 0 bridgehead atoms. The van der Waals surface area contributed by atoms with E-state index in [4.69, 9.17) is 30.4 Å². The molecule has 1 rings (SSSR count). The lowest BCUT2D eigenvalue weighted by atomic mass is 9.86. The molecule has 0 spiro atoms. The molecule has 7 atom stereocenters. The maximum atomic E-state index is 15.9. The van der Waals surface area contributed by atoms with E-state index in [2.05, 4.69) is 15.0 Å². The van der Waals surface area contributed by atoms with Crippen LogP contribution in [0.3, 0.4) is 0 Å². The third-order valence-corrected chi connectivity index (χ3v) is 4.67. The number of ether oxygens (including phenoxy) is 5. The van der Waals surface area contributed by atoms with Crippen molar-refractivity contribution in [2.24, 2.45) is 16.5 Å². The highest BCUT2D eigenvalue weighted by Crippen LogP contribution is 2.39. The van der Waals surface area contributed by atoms with Crippen molar-refractivity contribution in [1.82, 2.24) is 5.32 Å². The monoisotopic (exact) mass is 524 g/mol. The lowest BCUT2D eigenvalue weighted by Crippen LogP contribution is -2.71. The third-order valence-electron chi connectivity index (χ3n) is 4.67. The van der Waals surface area contributed by atoms with Gasteiger partial charge < -0.3 is 40.5 Å². The number of aliphatic imine (C=N–C) groups is 1. The third kappa shape index (κ3) is 8.00. The first-order chi connectivity index (χ1) is 16.6. The number of guanidine groups is 1. The van der Waals surface area contributed by atoms with Crippen LogP contribution < -0.4 is 16.8 Å². The number of halogens is 2. The van der Waals surface area contributed by atoms with E-state index in [0.717, 1.165) is 27.7 Å². The zero-order chi connectivity index (χ0) is 27.8. The Labute approximate surface area is 204 Å². The van der Waals surface area contributed by atoms with Gasteiger partial charge in [0, 0.05) is 27.7 Å². The van der Waals surface area contributed by atoms with E-state index in [1.165, 1.54) is 6.92 Å². The van der Waals surface area contributed by atoms with Crippen molar-refractivity contribution in [3.05, 3.63) is 0 Å². The average Bonchev–Trinajstić information content (AvgIpc) is 2.74. The molecule has 1 aliphatic rings. The van der Waals surface area contributed by atoms with Gasteiger partial charge in [-0.2, -0.15) is 4.39 Å². The van der Waals surface area contributed by atoms with E-state index in [9.17, 15) is 24.0 Å². The molecule has 0 aliphatic carbocycles. The summed E-state index contributed by atoms with van der Waals surface area (Å²) >= 11 is 0. The first-order valence-corrected chi connectivity index (χ1v) is 10.7. The van der Waals surface area contributed by atoms with Crippen molar-refractivity contribution in [2.45, 2.75) is 77.0 Å². The van der Waals surface area contributed by atoms with Crippen molar-refractivity contribution in [3.8, 4) is 0 Å². The summed E-state index contributed by atoms with van der Waals surface area (Å²) in [6.07, 6.45) is -8.45. The fraction of sp³-hybridized carbons (Fsp3) is 0.700. The predicted octanol–water partition coefficient (Wildman–Crippen LogP) is -1.47. The SMILES string of the molecule is CCOC(=O)[C@]1(F)OC([C@H](OC(C)=O)[C@@H](COC(C)=O)OC(C)=O)C(NC(C)=O)C(N=C(N)N)C1F. The predicted molar refractivity (Wildman–Crippen MR) is 115 cm³/mol. The summed E-state index contributed by atoms with van der Waals surface area (Å²) in [5.74, 6) is -10.0. The number of carbonyl (C=O) groups excluding carboxylic acids is 5. The van der Waals surface area contributed by atoms with Gasteiger partial charge in [-0.05, 0) is 6.92 Å². The van der Waals surface area contributed by atoms with Crippen molar-refractivity contribution >= 4 is 35.7 Å². The van der Waals surface area contributed by atoms with E-state index in [1.54, 1.807) is 0 Å². The van der Waals surface area contributed by atoms with E-state index >= 15 is 8.78 Å². The van der Waals surface area contributed by atoms with Gasteiger partial charge >= 0.3 is 29.7 Å². The van der Waals surface area contributed by atoms with Gasteiger partial charge in [0.1, 0.15) is 18.8 Å². The quantitative estimate of drug-likeness (QED) is 0.129. The Morgan fingerprint density at radius 2 is 1.61 bits per heavy atom. The molecule has 1 fully saturated rings. The van der Waals surface area contributed by atoms with E-state index in [0.29, 0.717) is 0 Å². The molecule has 1 aliphatic heterocycles. The standard InChI is InChI=1S/C20H30F2N4O10/c1-6-32-18(31)20(22)17(21)14(26-19(23)24)13(25-8(2)27)16(36-20)15(35-11(5)30)12(34-10(4)29)7-33-9(3)28/h12-17H,6-7H2,1-5H3,(H,25,27)(H4,23,24,26)/t12-,13?,14?,15-,16?,17?,20-/m1/s1. The van der Waals surface area contributed by atoms with Gasteiger partial charge in [0.25, 0.3) is 0 Å². The summed E-state index contributed by atoms with van der Waals surface area (Å²) in [5.41, 5.74) is 10.7. The zero-order valence-corrected chi connectivity index (χ0v) is 20.3. The molecule has 0 aromatic rings. The summed E-state index contributed by atoms with van der Waals surface area (Å²) in [5, 5.41) is 2.27. The van der Waals surface area contributed by atoms with Gasteiger partial charge in [-0.25, -0.2) is 14.2 Å². The number of nitrogens with zero attached hydrogens (tertiary/aromatic N) is 1. The fourth-order valence-electron chi connectivity index (χ4n) is 3.47. The Balaban J connectivity index is 3.79. The van der Waals surface area contributed by atoms with Crippen molar-refractivity contribution in [2.75, 3.05) is 13.2 Å². The first kappa shape index (κ1) is 30.5. The summed E-state index contributed by atoms with van der Waals surface area (Å²) in [6.45, 7) is 4.16. The van der Waals surface area contributed by atoms with Crippen LogP contribution in [0.25, 0.3) is 0 Å². The fourth-order valence-corrected chi connectivity index (χ4v) is 3.47. The highest BCUT2D eigenvalue weighted by molar-refractivity contribution is 5.80. The number of hydrogen-bond acceptors (Lipinski definition) is 11. The number of hydrogen-bond donors (Lipinski definition) is 3. The Morgan fingerprint density at radius 3 is 2.06 bits per heavy atom. The van der Waals surface area contributed by atoms with Crippen LogP contribution in [0.1, 0.15) is 34.6 Å².